The van der Waals surface area contributed by atoms with Gasteiger partial charge in [0.15, 0.2) is 0 Å². The minimum Gasteiger partial charge on any atom is -0.496 e. The summed E-state index contributed by atoms with van der Waals surface area (Å²) in [5.74, 6) is 1.62. The summed E-state index contributed by atoms with van der Waals surface area (Å²) in [4.78, 5) is 11.4. The standard InChI is InChI=1S/C32H30O6/c1-23(33)38-28-16-17-29(32(20-28)37-22-25-11-7-4-8-12-25)30(34)18-14-26-13-15-27(19-31(26)35-2)36-21-24-9-5-3-6-10-24/h3-20,30,34H,21-22H2,1-2H3. The number of carbonyl (C=O) groups excluding carboxylic acids is 1. The molecule has 1 atom stereocenters. The summed E-state index contributed by atoms with van der Waals surface area (Å²) in [7, 11) is 1.59. The molecule has 0 amide bonds. The van der Waals surface area contributed by atoms with E-state index in [2.05, 4.69) is 0 Å². The van der Waals surface area contributed by atoms with E-state index in [-0.39, 0.29) is 0 Å². The van der Waals surface area contributed by atoms with Gasteiger partial charge in [0.2, 0.25) is 0 Å². The molecule has 4 rings (SSSR count). The van der Waals surface area contributed by atoms with Gasteiger partial charge in [0.05, 0.1) is 7.11 Å². The lowest BCUT2D eigenvalue weighted by Gasteiger charge is -2.16. The van der Waals surface area contributed by atoms with Gasteiger partial charge in [0.25, 0.3) is 0 Å². The van der Waals surface area contributed by atoms with Gasteiger partial charge in [-0.2, -0.15) is 0 Å². The van der Waals surface area contributed by atoms with E-state index in [9.17, 15) is 9.90 Å². The second-order valence-corrected chi connectivity index (χ2v) is 8.55. The Hall–Kier alpha value is -4.55. The second kappa shape index (κ2) is 13.1. The average molecular weight is 511 g/mol. The van der Waals surface area contributed by atoms with E-state index in [4.69, 9.17) is 18.9 Å². The number of hydrogen-bond donors (Lipinski definition) is 1. The van der Waals surface area contributed by atoms with Gasteiger partial charge >= 0.3 is 5.97 Å². The summed E-state index contributed by atoms with van der Waals surface area (Å²) >= 11 is 0. The molecule has 0 aromatic heterocycles. The maximum atomic E-state index is 11.4. The lowest BCUT2D eigenvalue weighted by molar-refractivity contribution is -0.131. The van der Waals surface area contributed by atoms with Gasteiger partial charge in [0, 0.05) is 30.2 Å². The molecular formula is C32H30O6. The number of aliphatic hydroxyl groups is 1. The molecule has 4 aromatic rings. The lowest BCUT2D eigenvalue weighted by atomic mass is 10.1. The fourth-order valence-electron chi connectivity index (χ4n) is 3.81. The highest BCUT2D eigenvalue weighted by molar-refractivity contribution is 5.69. The van der Waals surface area contributed by atoms with E-state index >= 15 is 0 Å². The largest absolute Gasteiger partial charge is 0.496 e. The van der Waals surface area contributed by atoms with Crippen molar-refractivity contribution >= 4 is 12.0 Å². The highest BCUT2D eigenvalue weighted by Gasteiger charge is 2.14. The molecule has 194 valence electrons. The first-order valence-electron chi connectivity index (χ1n) is 12.2. The van der Waals surface area contributed by atoms with Crippen molar-refractivity contribution in [2.24, 2.45) is 0 Å². The van der Waals surface area contributed by atoms with E-state index in [1.54, 1.807) is 37.5 Å². The molecule has 6 heteroatoms. The topological polar surface area (TPSA) is 74.2 Å². The van der Waals surface area contributed by atoms with E-state index in [0.29, 0.717) is 41.8 Å². The predicted octanol–water partition coefficient (Wildman–Crippen LogP) is 6.53. The van der Waals surface area contributed by atoms with Crippen LogP contribution in [0.3, 0.4) is 0 Å². The van der Waals surface area contributed by atoms with Crippen LogP contribution >= 0.6 is 0 Å². The van der Waals surface area contributed by atoms with Crippen LogP contribution < -0.4 is 18.9 Å². The maximum Gasteiger partial charge on any atom is 0.308 e. The molecule has 0 aliphatic rings. The van der Waals surface area contributed by atoms with Gasteiger partial charge in [0.1, 0.15) is 42.3 Å². The van der Waals surface area contributed by atoms with E-state index in [0.717, 1.165) is 16.7 Å². The summed E-state index contributed by atoms with van der Waals surface area (Å²) in [6.07, 6.45) is 2.45. The zero-order valence-corrected chi connectivity index (χ0v) is 21.4. The van der Waals surface area contributed by atoms with Gasteiger partial charge in [-0.25, -0.2) is 0 Å². The molecule has 0 bridgehead atoms. The second-order valence-electron chi connectivity index (χ2n) is 8.55. The van der Waals surface area contributed by atoms with Crippen LogP contribution in [0, 0.1) is 0 Å². The van der Waals surface area contributed by atoms with Crippen LogP contribution in [-0.4, -0.2) is 18.2 Å². The summed E-state index contributed by atoms with van der Waals surface area (Å²) in [5, 5.41) is 11.0. The Labute approximate surface area is 222 Å². The molecule has 0 saturated carbocycles. The number of hydrogen-bond acceptors (Lipinski definition) is 6. The van der Waals surface area contributed by atoms with Crippen LogP contribution in [0.1, 0.15) is 35.3 Å². The van der Waals surface area contributed by atoms with Gasteiger partial charge in [-0.15, -0.1) is 0 Å². The van der Waals surface area contributed by atoms with E-state index in [1.807, 2.05) is 78.9 Å². The lowest BCUT2D eigenvalue weighted by Crippen LogP contribution is -2.05. The molecule has 0 radical (unpaired) electrons. The third-order valence-corrected chi connectivity index (χ3v) is 5.71. The van der Waals surface area contributed by atoms with Crippen molar-refractivity contribution in [1.29, 1.82) is 0 Å². The summed E-state index contributed by atoms with van der Waals surface area (Å²) < 4.78 is 22.7. The Kier molecular flexibility index (Phi) is 9.16. The van der Waals surface area contributed by atoms with Crippen molar-refractivity contribution in [2.45, 2.75) is 26.2 Å². The Morgan fingerprint density at radius 3 is 2.03 bits per heavy atom. The van der Waals surface area contributed by atoms with Crippen LogP contribution in [0.25, 0.3) is 6.08 Å². The molecular weight excluding hydrogens is 480 g/mol. The Bertz CT molecular complexity index is 1370. The van der Waals surface area contributed by atoms with Crippen LogP contribution in [0.2, 0.25) is 0 Å². The summed E-state index contributed by atoms with van der Waals surface area (Å²) in [5.41, 5.74) is 3.36. The number of methoxy groups -OCH3 is 1. The van der Waals surface area contributed by atoms with Gasteiger partial charge in [-0.3, -0.25) is 4.79 Å². The molecule has 0 fully saturated rings. The average Bonchev–Trinajstić information content (AvgIpc) is 2.94. The van der Waals surface area contributed by atoms with Crippen molar-refractivity contribution in [3.63, 3.8) is 0 Å². The third-order valence-electron chi connectivity index (χ3n) is 5.71. The van der Waals surface area contributed by atoms with Crippen molar-refractivity contribution in [1.82, 2.24) is 0 Å². The van der Waals surface area contributed by atoms with Crippen LogP contribution in [0.5, 0.6) is 23.0 Å². The first kappa shape index (κ1) is 26.5. The smallest absolute Gasteiger partial charge is 0.308 e. The number of esters is 1. The van der Waals surface area contributed by atoms with Crippen LogP contribution in [-0.2, 0) is 18.0 Å². The third kappa shape index (κ3) is 7.48. The fourth-order valence-corrected chi connectivity index (χ4v) is 3.81. The molecule has 38 heavy (non-hydrogen) atoms. The first-order valence-corrected chi connectivity index (χ1v) is 12.2. The van der Waals surface area contributed by atoms with Gasteiger partial charge in [-0.05, 0) is 35.4 Å². The number of carbonyl (C=O) groups is 1. The van der Waals surface area contributed by atoms with Gasteiger partial charge < -0.3 is 24.1 Å². The molecule has 0 aliphatic heterocycles. The minimum atomic E-state index is -0.981. The van der Waals surface area contributed by atoms with Crippen LogP contribution in [0.15, 0.2) is 103 Å². The normalized spacial score (nSPS) is 11.7. The SMILES string of the molecule is COc1cc(OCc2ccccc2)ccc1C=CC(O)c1ccc(OC(C)=O)cc1OCc1ccccc1. The highest BCUT2D eigenvalue weighted by atomic mass is 16.5. The Morgan fingerprint density at radius 2 is 1.39 bits per heavy atom. The van der Waals surface area contributed by atoms with Crippen molar-refractivity contribution in [2.75, 3.05) is 7.11 Å². The number of ether oxygens (including phenoxy) is 4. The molecule has 1 N–H and O–H groups in total. The molecule has 0 heterocycles. The molecule has 4 aromatic carbocycles. The maximum absolute atomic E-state index is 11.4. The zero-order valence-electron chi connectivity index (χ0n) is 21.4. The molecule has 0 aliphatic carbocycles. The first-order chi connectivity index (χ1) is 18.5. The summed E-state index contributed by atoms with van der Waals surface area (Å²) in [6, 6.07) is 30.1. The molecule has 0 saturated heterocycles. The Morgan fingerprint density at radius 1 is 0.789 bits per heavy atom. The summed E-state index contributed by atoms with van der Waals surface area (Å²) in [6.45, 7) is 2.08. The van der Waals surface area contributed by atoms with E-state index < -0.39 is 12.1 Å². The quantitative estimate of drug-likeness (QED) is 0.183. The van der Waals surface area contributed by atoms with E-state index in [1.165, 1.54) is 6.92 Å². The van der Waals surface area contributed by atoms with Gasteiger partial charge in [-0.1, -0.05) is 72.8 Å². The molecule has 6 nitrogen and oxygen atoms in total. The minimum absolute atomic E-state index is 0.298. The number of benzene rings is 4. The van der Waals surface area contributed by atoms with Crippen molar-refractivity contribution < 1.29 is 28.8 Å². The Balaban J connectivity index is 1.50. The monoisotopic (exact) mass is 510 g/mol. The number of rotatable bonds is 11. The molecule has 0 spiro atoms. The van der Waals surface area contributed by atoms with Crippen molar-refractivity contribution in [3.05, 3.63) is 125 Å². The highest BCUT2D eigenvalue weighted by Crippen LogP contribution is 2.33. The molecule has 1 unspecified atom stereocenters. The fraction of sp³-hybridized carbons (Fsp3) is 0.156. The zero-order chi connectivity index (χ0) is 26.7. The van der Waals surface area contributed by atoms with Crippen molar-refractivity contribution in [3.8, 4) is 23.0 Å². The van der Waals surface area contributed by atoms with Crippen LogP contribution in [0.4, 0.5) is 0 Å². The number of aliphatic hydroxyl groups excluding tert-OH is 1. The predicted molar refractivity (Wildman–Crippen MR) is 146 cm³/mol.